The second-order valence-electron chi connectivity index (χ2n) is 7.81. The molecule has 0 aromatic carbocycles. The number of hydrogen-bond donors (Lipinski definition) is 1. The van der Waals surface area contributed by atoms with Crippen molar-refractivity contribution in [3.8, 4) is 0 Å². The van der Waals surface area contributed by atoms with E-state index in [0.717, 1.165) is 25.7 Å². The van der Waals surface area contributed by atoms with Crippen LogP contribution in [0, 0.1) is 11.8 Å². The van der Waals surface area contributed by atoms with Crippen LogP contribution >= 0.6 is 0 Å². The first-order valence-electron chi connectivity index (χ1n) is 8.04. The lowest BCUT2D eigenvalue weighted by Gasteiger charge is -2.54. The van der Waals surface area contributed by atoms with Crippen LogP contribution in [0.4, 0.5) is 0 Å². The molecule has 3 rings (SSSR count). The van der Waals surface area contributed by atoms with Crippen LogP contribution in [0.25, 0.3) is 0 Å². The molecule has 3 atom stereocenters. The van der Waals surface area contributed by atoms with Crippen LogP contribution in [0.2, 0.25) is 0 Å². The van der Waals surface area contributed by atoms with Crippen LogP contribution in [0.15, 0.2) is 0 Å². The lowest BCUT2D eigenvalue weighted by Crippen LogP contribution is -2.70. The monoisotopic (exact) mass is 266 g/mol. The molecule has 3 heteroatoms. The van der Waals surface area contributed by atoms with Gasteiger partial charge in [-0.3, -0.25) is 4.90 Å². The minimum absolute atomic E-state index is 0.257. The molecule has 19 heavy (non-hydrogen) atoms. The highest BCUT2D eigenvalue weighted by molar-refractivity contribution is 5.08. The first-order chi connectivity index (χ1) is 8.95. The van der Waals surface area contributed by atoms with Gasteiger partial charge in [0, 0.05) is 36.8 Å². The molecule has 2 saturated heterocycles. The van der Waals surface area contributed by atoms with Crippen LogP contribution in [-0.2, 0) is 4.74 Å². The average Bonchev–Trinajstić information content (AvgIpc) is 3.13. The van der Waals surface area contributed by atoms with Gasteiger partial charge >= 0.3 is 0 Å². The Hall–Kier alpha value is -0.120. The van der Waals surface area contributed by atoms with Crippen molar-refractivity contribution in [2.24, 2.45) is 11.8 Å². The lowest BCUT2D eigenvalue weighted by atomic mass is 9.83. The summed E-state index contributed by atoms with van der Waals surface area (Å²) in [6.45, 7) is 13.8. The fraction of sp³-hybridized carbons (Fsp3) is 1.00. The number of hydrogen-bond acceptors (Lipinski definition) is 3. The summed E-state index contributed by atoms with van der Waals surface area (Å²) < 4.78 is 5.72. The summed E-state index contributed by atoms with van der Waals surface area (Å²) in [5, 5.41) is 3.88. The second-order valence-corrected chi connectivity index (χ2v) is 7.81. The summed E-state index contributed by atoms with van der Waals surface area (Å²) in [5.74, 6) is 1.60. The zero-order chi connectivity index (χ0) is 13.7. The zero-order valence-corrected chi connectivity index (χ0v) is 13.0. The molecule has 2 heterocycles. The molecule has 3 aliphatic rings. The van der Waals surface area contributed by atoms with Gasteiger partial charge in [0.25, 0.3) is 0 Å². The van der Waals surface area contributed by atoms with E-state index < -0.39 is 0 Å². The van der Waals surface area contributed by atoms with Gasteiger partial charge in [0.15, 0.2) is 0 Å². The van der Waals surface area contributed by atoms with Crippen molar-refractivity contribution in [3.63, 3.8) is 0 Å². The molecule has 0 bridgehead atoms. The van der Waals surface area contributed by atoms with Crippen molar-refractivity contribution in [2.75, 3.05) is 26.3 Å². The van der Waals surface area contributed by atoms with E-state index in [4.69, 9.17) is 4.74 Å². The maximum absolute atomic E-state index is 5.72. The minimum Gasteiger partial charge on any atom is -0.379 e. The van der Waals surface area contributed by atoms with Crippen molar-refractivity contribution in [1.82, 2.24) is 10.2 Å². The predicted molar refractivity (Wildman–Crippen MR) is 78.3 cm³/mol. The van der Waals surface area contributed by atoms with Gasteiger partial charge < -0.3 is 10.1 Å². The van der Waals surface area contributed by atoms with Crippen molar-refractivity contribution in [2.45, 2.75) is 64.1 Å². The standard InChI is InChI=1S/C16H30N2O/c1-12(2)14-9-17-16(4,13-5-6-13)10-18(14)15(3)7-8-19-11-15/h12-14,17H,5-11H2,1-4H3. The number of ether oxygens (including phenoxy) is 1. The summed E-state index contributed by atoms with van der Waals surface area (Å²) in [6, 6.07) is 0.651. The first kappa shape index (κ1) is 13.8. The largest absolute Gasteiger partial charge is 0.379 e. The summed E-state index contributed by atoms with van der Waals surface area (Å²) in [7, 11) is 0. The van der Waals surface area contributed by atoms with E-state index in [1.54, 1.807) is 0 Å². The Morgan fingerprint density at radius 1 is 1.26 bits per heavy atom. The van der Waals surface area contributed by atoms with Gasteiger partial charge in [-0.05, 0) is 44.9 Å². The maximum Gasteiger partial charge on any atom is 0.0648 e. The number of nitrogens with zero attached hydrogens (tertiary/aromatic N) is 1. The number of nitrogens with one attached hydrogen (secondary N) is 1. The number of rotatable bonds is 3. The predicted octanol–water partition coefficient (Wildman–Crippen LogP) is 2.26. The fourth-order valence-corrected chi connectivity index (χ4v) is 4.04. The van der Waals surface area contributed by atoms with Crippen LogP contribution < -0.4 is 5.32 Å². The molecule has 3 fully saturated rings. The van der Waals surface area contributed by atoms with Crippen molar-refractivity contribution >= 4 is 0 Å². The van der Waals surface area contributed by atoms with Crippen LogP contribution in [-0.4, -0.2) is 48.3 Å². The Balaban J connectivity index is 1.81. The summed E-state index contributed by atoms with van der Waals surface area (Å²) in [5.41, 5.74) is 0.587. The highest BCUT2D eigenvalue weighted by atomic mass is 16.5. The molecule has 2 aliphatic heterocycles. The Labute approximate surface area is 118 Å². The van der Waals surface area contributed by atoms with E-state index in [1.165, 1.54) is 25.8 Å². The van der Waals surface area contributed by atoms with Gasteiger partial charge in [0.2, 0.25) is 0 Å². The summed E-state index contributed by atoms with van der Waals surface area (Å²) in [4.78, 5) is 2.79. The summed E-state index contributed by atoms with van der Waals surface area (Å²) >= 11 is 0. The van der Waals surface area contributed by atoms with Crippen molar-refractivity contribution in [3.05, 3.63) is 0 Å². The van der Waals surface area contributed by atoms with Crippen LogP contribution in [0.1, 0.15) is 47.0 Å². The van der Waals surface area contributed by atoms with Gasteiger partial charge in [0.1, 0.15) is 0 Å². The van der Waals surface area contributed by atoms with Gasteiger partial charge in [0.05, 0.1) is 6.61 Å². The minimum atomic E-state index is 0.257. The fourth-order valence-electron chi connectivity index (χ4n) is 4.04. The van der Waals surface area contributed by atoms with Gasteiger partial charge in [-0.1, -0.05) is 13.8 Å². The topological polar surface area (TPSA) is 24.5 Å². The average molecular weight is 266 g/mol. The molecule has 0 spiro atoms. The molecule has 0 radical (unpaired) electrons. The Bertz CT molecular complexity index is 334. The first-order valence-corrected chi connectivity index (χ1v) is 8.04. The zero-order valence-electron chi connectivity index (χ0n) is 13.0. The smallest absolute Gasteiger partial charge is 0.0648 e. The van der Waals surface area contributed by atoms with Crippen LogP contribution in [0.5, 0.6) is 0 Å². The molecule has 0 aromatic heterocycles. The van der Waals surface area contributed by atoms with Crippen molar-refractivity contribution < 1.29 is 4.74 Å². The summed E-state index contributed by atoms with van der Waals surface area (Å²) in [6.07, 6.45) is 4.02. The van der Waals surface area contributed by atoms with E-state index in [9.17, 15) is 0 Å². The highest BCUT2D eigenvalue weighted by Crippen LogP contribution is 2.44. The Morgan fingerprint density at radius 3 is 2.53 bits per heavy atom. The quantitative estimate of drug-likeness (QED) is 0.848. The van der Waals surface area contributed by atoms with Gasteiger partial charge in [-0.2, -0.15) is 0 Å². The van der Waals surface area contributed by atoms with E-state index in [-0.39, 0.29) is 5.54 Å². The molecule has 1 aliphatic carbocycles. The van der Waals surface area contributed by atoms with E-state index in [0.29, 0.717) is 17.5 Å². The Morgan fingerprint density at radius 2 is 2.00 bits per heavy atom. The third-order valence-corrected chi connectivity index (χ3v) is 5.75. The van der Waals surface area contributed by atoms with Crippen molar-refractivity contribution in [1.29, 1.82) is 0 Å². The molecule has 0 amide bonds. The maximum atomic E-state index is 5.72. The molecule has 1 N–H and O–H groups in total. The highest BCUT2D eigenvalue weighted by Gasteiger charge is 2.51. The van der Waals surface area contributed by atoms with E-state index in [1.807, 2.05) is 0 Å². The molecule has 0 aromatic rings. The molecular formula is C16H30N2O. The van der Waals surface area contributed by atoms with E-state index in [2.05, 4.69) is 37.9 Å². The lowest BCUT2D eigenvalue weighted by molar-refractivity contribution is -0.0306. The van der Waals surface area contributed by atoms with E-state index >= 15 is 0 Å². The second kappa shape index (κ2) is 4.71. The van der Waals surface area contributed by atoms with Gasteiger partial charge in [-0.15, -0.1) is 0 Å². The third kappa shape index (κ3) is 2.45. The molecule has 1 saturated carbocycles. The molecule has 3 unspecified atom stereocenters. The third-order valence-electron chi connectivity index (χ3n) is 5.75. The number of piperazine rings is 1. The van der Waals surface area contributed by atoms with Crippen LogP contribution in [0.3, 0.4) is 0 Å². The molecule has 110 valence electrons. The normalized spacial score (nSPS) is 45.0. The SMILES string of the molecule is CC(C)C1CNC(C)(C2CC2)CN1C1(C)CCOC1. The Kier molecular flexibility index (Phi) is 3.43. The molecular weight excluding hydrogens is 236 g/mol. The molecule has 3 nitrogen and oxygen atoms in total. The van der Waals surface area contributed by atoms with Gasteiger partial charge in [-0.25, -0.2) is 0 Å².